The summed E-state index contributed by atoms with van der Waals surface area (Å²) in [6, 6.07) is 10.5. The third kappa shape index (κ3) is 3.29. The SMILES string of the molecule is CC(NCc1ccc(O)c(F)c1)c1ccccc1F. The van der Waals surface area contributed by atoms with E-state index in [4.69, 9.17) is 5.11 Å². The molecule has 0 bridgehead atoms. The number of phenolic OH excluding ortho intramolecular Hbond substituents is 1. The second kappa shape index (κ2) is 5.80. The summed E-state index contributed by atoms with van der Waals surface area (Å²) in [4.78, 5) is 0. The molecule has 2 nitrogen and oxygen atoms in total. The molecule has 0 radical (unpaired) electrons. The molecular weight excluding hydrogens is 248 g/mol. The zero-order valence-corrected chi connectivity index (χ0v) is 10.5. The second-order valence-corrected chi connectivity index (χ2v) is 4.41. The van der Waals surface area contributed by atoms with Gasteiger partial charge in [0.05, 0.1) is 0 Å². The fraction of sp³-hybridized carbons (Fsp3) is 0.200. The van der Waals surface area contributed by atoms with Crippen molar-refractivity contribution in [2.75, 3.05) is 0 Å². The van der Waals surface area contributed by atoms with Gasteiger partial charge < -0.3 is 10.4 Å². The molecule has 0 amide bonds. The largest absolute Gasteiger partial charge is 0.505 e. The van der Waals surface area contributed by atoms with Gasteiger partial charge in [0, 0.05) is 18.2 Å². The Labute approximate surface area is 110 Å². The zero-order chi connectivity index (χ0) is 13.8. The van der Waals surface area contributed by atoms with E-state index in [0.29, 0.717) is 17.7 Å². The van der Waals surface area contributed by atoms with Crippen LogP contribution in [0.25, 0.3) is 0 Å². The highest BCUT2D eigenvalue weighted by atomic mass is 19.1. The molecule has 2 aromatic rings. The highest BCUT2D eigenvalue weighted by Crippen LogP contribution is 2.19. The van der Waals surface area contributed by atoms with Gasteiger partial charge in [-0.3, -0.25) is 0 Å². The van der Waals surface area contributed by atoms with Crippen LogP contribution < -0.4 is 5.32 Å². The van der Waals surface area contributed by atoms with Gasteiger partial charge in [0.15, 0.2) is 11.6 Å². The quantitative estimate of drug-likeness (QED) is 0.884. The summed E-state index contributed by atoms with van der Waals surface area (Å²) in [6.07, 6.45) is 0. The molecule has 0 aliphatic heterocycles. The van der Waals surface area contributed by atoms with E-state index in [0.717, 1.165) is 0 Å². The lowest BCUT2D eigenvalue weighted by molar-refractivity contribution is 0.431. The highest BCUT2D eigenvalue weighted by molar-refractivity contribution is 5.28. The van der Waals surface area contributed by atoms with Crippen molar-refractivity contribution in [3.05, 3.63) is 65.2 Å². The third-order valence-electron chi connectivity index (χ3n) is 3.00. The van der Waals surface area contributed by atoms with Crippen LogP contribution >= 0.6 is 0 Å². The molecule has 1 unspecified atom stereocenters. The number of aromatic hydroxyl groups is 1. The molecule has 0 saturated carbocycles. The molecule has 0 heterocycles. The van der Waals surface area contributed by atoms with Crippen molar-refractivity contribution in [1.82, 2.24) is 5.32 Å². The fourth-order valence-corrected chi connectivity index (χ4v) is 1.87. The molecule has 19 heavy (non-hydrogen) atoms. The highest BCUT2D eigenvalue weighted by Gasteiger charge is 2.10. The van der Waals surface area contributed by atoms with Crippen molar-refractivity contribution in [3.8, 4) is 5.75 Å². The van der Waals surface area contributed by atoms with Crippen LogP contribution in [0.15, 0.2) is 42.5 Å². The summed E-state index contributed by atoms with van der Waals surface area (Å²) >= 11 is 0. The van der Waals surface area contributed by atoms with E-state index in [1.165, 1.54) is 18.2 Å². The van der Waals surface area contributed by atoms with Crippen LogP contribution in [-0.4, -0.2) is 5.11 Å². The molecular formula is C15H15F2NO. The van der Waals surface area contributed by atoms with Crippen LogP contribution in [0, 0.1) is 11.6 Å². The molecule has 2 aromatic carbocycles. The smallest absolute Gasteiger partial charge is 0.165 e. The molecule has 0 spiro atoms. The van der Waals surface area contributed by atoms with Gasteiger partial charge in [-0.15, -0.1) is 0 Å². The van der Waals surface area contributed by atoms with Crippen LogP contribution in [0.4, 0.5) is 8.78 Å². The van der Waals surface area contributed by atoms with E-state index < -0.39 is 5.82 Å². The minimum absolute atomic E-state index is 0.182. The van der Waals surface area contributed by atoms with Gasteiger partial charge in [-0.1, -0.05) is 24.3 Å². The molecule has 0 saturated heterocycles. The number of hydrogen-bond donors (Lipinski definition) is 2. The van der Waals surface area contributed by atoms with E-state index in [1.54, 1.807) is 24.3 Å². The number of benzene rings is 2. The number of halogens is 2. The van der Waals surface area contributed by atoms with Crippen molar-refractivity contribution in [3.63, 3.8) is 0 Å². The Morgan fingerprint density at radius 2 is 1.84 bits per heavy atom. The molecule has 1 atom stereocenters. The van der Waals surface area contributed by atoms with Crippen LogP contribution in [0.3, 0.4) is 0 Å². The van der Waals surface area contributed by atoms with Gasteiger partial charge in [-0.25, -0.2) is 8.78 Å². The first kappa shape index (κ1) is 13.5. The van der Waals surface area contributed by atoms with Crippen LogP contribution in [0.2, 0.25) is 0 Å². The van der Waals surface area contributed by atoms with Gasteiger partial charge in [0.1, 0.15) is 5.82 Å². The standard InChI is InChI=1S/C15H15F2NO/c1-10(12-4-2-3-5-13(12)16)18-9-11-6-7-15(19)14(17)8-11/h2-8,10,18-19H,9H2,1H3. The van der Waals surface area contributed by atoms with Crippen molar-refractivity contribution in [1.29, 1.82) is 0 Å². The normalized spacial score (nSPS) is 12.4. The van der Waals surface area contributed by atoms with Crippen LogP contribution in [0.1, 0.15) is 24.1 Å². The molecule has 2 N–H and O–H groups in total. The van der Waals surface area contributed by atoms with E-state index in [1.807, 2.05) is 6.92 Å². The van der Waals surface area contributed by atoms with Crippen molar-refractivity contribution in [2.24, 2.45) is 0 Å². The fourth-order valence-electron chi connectivity index (χ4n) is 1.87. The molecule has 0 fully saturated rings. The summed E-state index contributed by atoms with van der Waals surface area (Å²) in [5.74, 6) is -1.29. The van der Waals surface area contributed by atoms with E-state index >= 15 is 0 Å². The zero-order valence-electron chi connectivity index (χ0n) is 10.5. The Morgan fingerprint density at radius 1 is 1.11 bits per heavy atom. The summed E-state index contributed by atoms with van der Waals surface area (Å²) in [7, 11) is 0. The van der Waals surface area contributed by atoms with Crippen LogP contribution in [0.5, 0.6) is 5.75 Å². The first-order chi connectivity index (χ1) is 9.08. The minimum atomic E-state index is -0.655. The molecule has 0 aliphatic carbocycles. The van der Waals surface area contributed by atoms with Crippen LogP contribution in [-0.2, 0) is 6.54 Å². The maximum Gasteiger partial charge on any atom is 0.165 e. The predicted octanol–water partition coefficient (Wildman–Crippen LogP) is 3.52. The second-order valence-electron chi connectivity index (χ2n) is 4.41. The van der Waals surface area contributed by atoms with Gasteiger partial charge in [-0.05, 0) is 30.7 Å². The minimum Gasteiger partial charge on any atom is -0.505 e. The number of nitrogens with one attached hydrogen (secondary N) is 1. The Balaban J connectivity index is 2.02. The third-order valence-corrected chi connectivity index (χ3v) is 3.00. The van der Waals surface area contributed by atoms with Gasteiger partial charge in [0.2, 0.25) is 0 Å². The lowest BCUT2D eigenvalue weighted by Crippen LogP contribution is -2.19. The van der Waals surface area contributed by atoms with E-state index in [9.17, 15) is 8.78 Å². The van der Waals surface area contributed by atoms with Gasteiger partial charge in [-0.2, -0.15) is 0 Å². The number of hydrogen-bond acceptors (Lipinski definition) is 2. The molecule has 0 aliphatic rings. The van der Waals surface area contributed by atoms with Crippen molar-refractivity contribution in [2.45, 2.75) is 19.5 Å². The average Bonchev–Trinajstić information content (AvgIpc) is 2.40. The average molecular weight is 263 g/mol. The first-order valence-electron chi connectivity index (χ1n) is 6.03. The summed E-state index contributed by atoms with van der Waals surface area (Å²) in [5, 5.41) is 12.2. The predicted molar refractivity (Wildman–Crippen MR) is 69.7 cm³/mol. The molecule has 4 heteroatoms. The Kier molecular flexibility index (Phi) is 4.12. The molecule has 2 rings (SSSR count). The Hall–Kier alpha value is -1.94. The molecule has 0 aromatic heterocycles. The molecule has 100 valence electrons. The maximum absolute atomic E-state index is 13.5. The van der Waals surface area contributed by atoms with Gasteiger partial charge >= 0.3 is 0 Å². The Bertz CT molecular complexity index is 572. The monoisotopic (exact) mass is 263 g/mol. The number of phenols is 1. The Morgan fingerprint density at radius 3 is 2.53 bits per heavy atom. The van der Waals surface area contributed by atoms with E-state index in [-0.39, 0.29) is 17.6 Å². The summed E-state index contributed by atoms with van der Waals surface area (Å²) < 4.78 is 26.7. The van der Waals surface area contributed by atoms with E-state index in [2.05, 4.69) is 5.32 Å². The topological polar surface area (TPSA) is 32.3 Å². The lowest BCUT2D eigenvalue weighted by atomic mass is 10.1. The maximum atomic E-state index is 13.5. The number of rotatable bonds is 4. The van der Waals surface area contributed by atoms with Crippen molar-refractivity contribution < 1.29 is 13.9 Å². The summed E-state index contributed by atoms with van der Waals surface area (Å²) in [6.45, 7) is 2.24. The van der Waals surface area contributed by atoms with Gasteiger partial charge in [0.25, 0.3) is 0 Å². The summed E-state index contributed by atoms with van der Waals surface area (Å²) in [5.41, 5.74) is 1.26. The first-order valence-corrected chi connectivity index (χ1v) is 6.03. The van der Waals surface area contributed by atoms with Crippen molar-refractivity contribution >= 4 is 0 Å². The lowest BCUT2D eigenvalue weighted by Gasteiger charge is -2.15.